The van der Waals surface area contributed by atoms with Crippen LogP contribution in [-0.4, -0.2) is 54.0 Å². The van der Waals surface area contributed by atoms with Gasteiger partial charge in [0.2, 0.25) is 0 Å². The third-order valence-corrected chi connectivity index (χ3v) is 7.05. The highest BCUT2D eigenvalue weighted by atomic mass is 32.2. The summed E-state index contributed by atoms with van der Waals surface area (Å²) in [5, 5.41) is 7.07. The number of hydrogen-bond acceptors (Lipinski definition) is 9. The van der Waals surface area contributed by atoms with E-state index < -0.39 is 18.0 Å². The number of rotatable bonds is 7. The summed E-state index contributed by atoms with van der Waals surface area (Å²) in [7, 11) is 1.41. The highest BCUT2D eigenvalue weighted by Crippen LogP contribution is 2.36. The molecular formula is C27H26F2N6O3S. The molecule has 2 aliphatic heterocycles. The van der Waals surface area contributed by atoms with Gasteiger partial charge in [0.15, 0.2) is 10.5 Å². The van der Waals surface area contributed by atoms with E-state index in [0.717, 1.165) is 12.8 Å². The van der Waals surface area contributed by atoms with Gasteiger partial charge in [-0.25, -0.2) is 8.78 Å². The molecule has 1 amide bonds. The highest BCUT2D eigenvalue weighted by molar-refractivity contribution is 8.14. The summed E-state index contributed by atoms with van der Waals surface area (Å²) in [5.74, 6) is 6.49. The maximum Gasteiger partial charge on any atom is 0.280 e. The number of hydrazone groups is 1. The zero-order valence-corrected chi connectivity index (χ0v) is 21.8. The number of alkyl halides is 2. The minimum atomic E-state index is -2.81. The van der Waals surface area contributed by atoms with Crippen LogP contribution in [0.15, 0.2) is 46.8 Å². The Labute approximate surface area is 228 Å². The number of pyridine rings is 1. The van der Waals surface area contributed by atoms with Crippen LogP contribution in [0.4, 0.5) is 8.78 Å². The van der Waals surface area contributed by atoms with E-state index in [1.54, 1.807) is 24.4 Å². The number of amides is 1. The molecule has 202 valence electrons. The van der Waals surface area contributed by atoms with Crippen LogP contribution in [0.2, 0.25) is 0 Å². The van der Waals surface area contributed by atoms with Crippen LogP contribution in [0, 0.1) is 17.8 Å². The monoisotopic (exact) mass is 552 g/mol. The van der Waals surface area contributed by atoms with Gasteiger partial charge in [0.25, 0.3) is 12.3 Å². The van der Waals surface area contributed by atoms with Gasteiger partial charge in [-0.1, -0.05) is 17.9 Å². The summed E-state index contributed by atoms with van der Waals surface area (Å²) in [4.78, 5) is 21.7. The molecule has 3 heterocycles. The van der Waals surface area contributed by atoms with Crippen LogP contribution in [-0.2, 0) is 4.74 Å². The molecule has 9 nitrogen and oxygen atoms in total. The van der Waals surface area contributed by atoms with E-state index in [1.165, 1.54) is 37.3 Å². The molecule has 1 aromatic carbocycles. The van der Waals surface area contributed by atoms with Crippen molar-refractivity contribution in [1.82, 2.24) is 15.7 Å². The van der Waals surface area contributed by atoms with Gasteiger partial charge in [0.1, 0.15) is 11.4 Å². The first-order valence-corrected chi connectivity index (χ1v) is 13.1. The van der Waals surface area contributed by atoms with E-state index in [0.29, 0.717) is 41.0 Å². The average Bonchev–Trinajstić information content (AvgIpc) is 3.65. The Morgan fingerprint density at radius 1 is 1.31 bits per heavy atom. The molecule has 0 radical (unpaired) electrons. The van der Waals surface area contributed by atoms with Gasteiger partial charge in [-0.15, -0.1) is 0 Å². The lowest BCUT2D eigenvalue weighted by Gasteiger charge is -2.21. The fourth-order valence-electron chi connectivity index (χ4n) is 3.79. The number of methoxy groups -OCH3 is 1. The molecule has 1 unspecified atom stereocenters. The molecule has 2 aromatic rings. The van der Waals surface area contributed by atoms with Crippen molar-refractivity contribution in [2.24, 2.45) is 21.7 Å². The molecule has 4 N–H and O–H groups in total. The van der Waals surface area contributed by atoms with Crippen molar-refractivity contribution in [2.75, 3.05) is 20.3 Å². The number of nitrogens with zero attached hydrogens (tertiary/aromatic N) is 3. The zero-order chi connectivity index (χ0) is 27.4. The lowest BCUT2D eigenvalue weighted by Crippen LogP contribution is -2.31. The molecule has 1 aliphatic carbocycles. The van der Waals surface area contributed by atoms with Crippen molar-refractivity contribution >= 4 is 34.6 Å². The predicted octanol–water partition coefficient (Wildman–Crippen LogP) is 3.54. The fraction of sp³-hybridized carbons (Fsp3) is 0.333. The highest BCUT2D eigenvalue weighted by Gasteiger charge is 2.25. The molecule has 2 fully saturated rings. The second-order valence-electron chi connectivity index (χ2n) is 9.02. The Morgan fingerprint density at radius 3 is 2.79 bits per heavy atom. The lowest BCUT2D eigenvalue weighted by atomic mass is 9.94. The molecule has 0 bridgehead atoms. The second-order valence-corrected chi connectivity index (χ2v) is 10.1. The molecule has 39 heavy (non-hydrogen) atoms. The second kappa shape index (κ2) is 11.8. The van der Waals surface area contributed by atoms with Gasteiger partial charge in [-0.3, -0.25) is 25.5 Å². The number of nitrogens with one attached hydrogen (secondary N) is 2. The molecule has 0 spiro atoms. The first kappa shape index (κ1) is 26.6. The number of benzene rings is 1. The summed E-state index contributed by atoms with van der Waals surface area (Å²) in [6.07, 6.45) is 3.67. The zero-order valence-electron chi connectivity index (χ0n) is 21.0. The summed E-state index contributed by atoms with van der Waals surface area (Å²) in [6.45, 7) is 1.07. The number of carbonyl (C=O) groups is 1. The van der Waals surface area contributed by atoms with Crippen LogP contribution >= 0.6 is 11.8 Å². The SMILES string of the molecule is COc1cnc(C(F)F)cc1-c1cc(/C(C=NC2COC2)=C/N)ccc1C(=O)NC1=NNC(C#CC2CC2)S1. The first-order valence-electron chi connectivity index (χ1n) is 12.3. The van der Waals surface area contributed by atoms with Crippen LogP contribution in [0.3, 0.4) is 0 Å². The van der Waals surface area contributed by atoms with Crippen LogP contribution in [0.25, 0.3) is 16.7 Å². The Kier molecular flexibility index (Phi) is 8.09. The Morgan fingerprint density at radius 2 is 2.13 bits per heavy atom. The van der Waals surface area contributed by atoms with Crippen molar-refractivity contribution in [1.29, 1.82) is 0 Å². The number of carbonyl (C=O) groups excluding carboxylic acids is 1. The van der Waals surface area contributed by atoms with Crippen LogP contribution < -0.4 is 21.2 Å². The quantitative estimate of drug-likeness (QED) is 0.355. The van der Waals surface area contributed by atoms with Crippen LogP contribution in [0.5, 0.6) is 5.75 Å². The smallest absolute Gasteiger partial charge is 0.280 e. The summed E-state index contributed by atoms with van der Waals surface area (Å²) < 4.78 is 37.8. The maximum absolute atomic E-state index is 13.6. The number of hydrogen-bond donors (Lipinski definition) is 3. The van der Waals surface area contributed by atoms with Crippen molar-refractivity contribution in [3.8, 4) is 28.7 Å². The van der Waals surface area contributed by atoms with E-state index in [1.807, 2.05) is 0 Å². The van der Waals surface area contributed by atoms with Gasteiger partial charge in [0, 0.05) is 35.0 Å². The molecule has 1 aromatic heterocycles. The average molecular weight is 553 g/mol. The van der Waals surface area contributed by atoms with Crippen molar-refractivity contribution in [3.63, 3.8) is 0 Å². The van der Waals surface area contributed by atoms with E-state index in [9.17, 15) is 13.6 Å². The minimum Gasteiger partial charge on any atom is -0.494 e. The standard InChI is InChI=1S/C27H26F2N6O3S/c1-37-23-12-32-22(25(28)29)9-21(23)20-8-16(17(10-30)11-31-18-13-38-14-18)5-6-19(20)26(36)33-27-35-34-24(39-27)7-4-15-2-3-15/h5-6,8-12,15,18,24-25,34H,2-3,13-14,30H2,1H3,(H,33,35,36)/b17-10+,31-11?. The lowest BCUT2D eigenvalue weighted by molar-refractivity contribution is 0.0136. The number of nitrogens with two attached hydrogens (primary N) is 1. The van der Waals surface area contributed by atoms with Gasteiger partial charge < -0.3 is 15.2 Å². The molecule has 5 rings (SSSR count). The predicted molar refractivity (Wildman–Crippen MR) is 146 cm³/mol. The molecule has 1 saturated carbocycles. The molecule has 3 aliphatic rings. The third-order valence-electron chi connectivity index (χ3n) is 6.17. The molecule has 1 atom stereocenters. The maximum atomic E-state index is 13.6. The number of aliphatic imine (C=N–C) groups is 1. The van der Waals surface area contributed by atoms with Crippen molar-refractivity contribution < 1.29 is 23.0 Å². The summed E-state index contributed by atoms with van der Waals surface area (Å²) in [5.41, 5.74) is 10.4. The normalized spacial score (nSPS) is 19.2. The first-order chi connectivity index (χ1) is 18.9. The number of aromatic nitrogens is 1. The van der Waals surface area contributed by atoms with E-state index in [-0.39, 0.29) is 28.3 Å². The van der Waals surface area contributed by atoms with Crippen molar-refractivity contribution in [3.05, 3.63) is 53.5 Å². The Bertz CT molecular complexity index is 1410. The molecule has 1 saturated heterocycles. The number of thioether (sulfide) groups is 1. The van der Waals surface area contributed by atoms with E-state index >= 15 is 0 Å². The van der Waals surface area contributed by atoms with Crippen molar-refractivity contribution in [2.45, 2.75) is 30.7 Å². The summed E-state index contributed by atoms with van der Waals surface area (Å²) >= 11 is 1.29. The van der Waals surface area contributed by atoms with Crippen LogP contribution in [0.1, 0.15) is 40.9 Å². The summed E-state index contributed by atoms with van der Waals surface area (Å²) in [6, 6.07) is 6.28. The number of ether oxygens (including phenoxy) is 2. The third kappa shape index (κ3) is 6.38. The number of halogens is 2. The van der Waals surface area contributed by atoms with E-state index in [2.05, 4.69) is 37.7 Å². The largest absolute Gasteiger partial charge is 0.494 e. The number of allylic oxidation sites excluding steroid dienone is 1. The molecule has 12 heteroatoms. The Hall–Kier alpha value is -3.95. The minimum absolute atomic E-state index is 0.0504. The number of amidine groups is 1. The van der Waals surface area contributed by atoms with Gasteiger partial charge in [0.05, 0.1) is 32.6 Å². The van der Waals surface area contributed by atoms with Gasteiger partial charge >= 0.3 is 0 Å². The van der Waals surface area contributed by atoms with Gasteiger partial charge in [-0.05, 0) is 53.9 Å². The Balaban J connectivity index is 1.48. The molecular weight excluding hydrogens is 526 g/mol. The van der Waals surface area contributed by atoms with Gasteiger partial charge in [-0.2, -0.15) is 5.10 Å². The topological polar surface area (TPSA) is 123 Å². The van der Waals surface area contributed by atoms with E-state index in [4.69, 9.17) is 15.2 Å². The fourth-order valence-corrected chi connectivity index (χ4v) is 4.50.